The van der Waals surface area contributed by atoms with Gasteiger partial charge in [-0.15, -0.1) is 0 Å². The van der Waals surface area contributed by atoms with E-state index in [2.05, 4.69) is 4.98 Å². The number of carbonyl (C=O) groups excluding carboxylic acids is 1. The number of rotatable bonds is 0. The van der Waals surface area contributed by atoms with Crippen LogP contribution in [-0.2, 0) is 6.42 Å². The molecule has 1 aliphatic carbocycles. The number of hydrogen-bond acceptors (Lipinski definition) is 3. The zero-order valence-electron chi connectivity index (χ0n) is 11.0. The van der Waals surface area contributed by atoms with Gasteiger partial charge in [0, 0.05) is 22.8 Å². The minimum atomic E-state index is -0.363. The Morgan fingerprint density at radius 3 is 2.74 bits per heavy atom. The minimum Gasteiger partial charge on any atom is -0.383 e. The summed E-state index contributed by atoms with van der Waals surface area (Å²) in [5, 5.41) is 1.23. The van der Waals surface area contributed by atoms with Crippen molar-refractivity contribution in [2.75, 3.05) is 5.73 Å². The maximum Gasteiger partial charge on any atom is 0.165 e. The van der Waals surface area contributed by atoms with Crippen LogP contribution in [0.1, 0.15) is 36.3 Å². The van der Waals surface area contributed by atoms with E-state index >= 15 is 0 Å². The van der Waals surface area contributed by atoms with Crippen LogP contribution in [0.15, 0.2) is 18.2 Å². The molecular formula is C15H15FN2O. The first-order valence-corrected chi connectivity index (χ1v) is 6.28. The molecule has 0 bridgehead atoms. The van der Waals surface area contributed by atoms with Crippen molar-refractivity contribution in [3.8, 4) is 0 Å². The minimum absolute atomic E-state index is 0.0225. The van der Waals surface area contributed by atoms with E-state index in [1.165, 1.54) is 12.1 Å². The summed E-state index contributed by atoms with van der Waals surface area (Å²) >= 11 is 0. The van der Waals surface area contributed by atoms with E-state index in [4.69, 9.17) is 5.73 Å². The van der Waals surface area contributed by atoms with Gasteiger partial charge in [-0.2, -0.15) is 0 Å². The molecule has 3 rings (SSSR count). The number of nitrogens with two attached hydrogens (primary N) is 1. The lowest BCUT2D eigenvalue weighted by atomic mass is 9.74. The second-order valence-corrected chi connectivity index (χ2v) is 5.95. The summed E-state index contributed by atoms with van der Waals surface area (Å²) in [6, 6.07) is 4.30. The van der Waals surface area contributed by atoms with Gasteiger partial charge in [-0.1, -0.05) is 13.8 Å². The Morgan fingerprint density at radius 2 is 2.00 bits per heavy atom. The third-order valence-corrected chi connectivity index (χ3v) is 3.63. The van der Waals surface area contributed by atoms with Crippen LogP contribution in [0, 0.1) is 11.2 Å². The van der Waals surface area contributed by atoms with Crippen molar-refractivity contribution in [2.45, 2.75) is 26.7 Å². The Labute approximate surface area is 110 Å². The molecule has 0 spiro atoms. The van der Waals surface area contributed by atoms with E-state index in [0.29, 0.717) is 40.7 Å². The predicted molar refractivity (Wildman–Crippen MR) is 72.5 cm³/mol. The number of ketones is 1. The molecule has 0 atom stereocenters. The van der Waals surface area contributed by atoms with Crippen molar-refractivity contribution in [2.24, 2.45) is 5.41 Å². The maximum atomic E-state index is 13.4. The molecular weight excluding hydrogens is 243 g/mol. The highest BCUT2D eigenvalue weighted by Gasteiger charge is 2.33. The summed E-state index contributed by atoms with van der Waals surface area (Å²) in [5.41, 5.74) is 7.04. The van der Waals surface area contributed by atoms with Crippen LogP contribution in [-0.4, -0.2) is 10.8 Å². The molecule has 0 unspecified atom stereocenters. The van der Waals surface area contributed by atoms with Crippen molar-refractivity contribution in [1.82, 2.24) is 4.98 Å². The van der Waals surface area contributed by atoms with Crippen molar-refractivity contribution < 1.29 is 9.18 Å². The van der Waals surface area contributed by atoms with Gasteiger partial charge in [0.1, 0.15) is 11.6 Å². The summed E-state index contributed by atoms with van der Waals surface area (Å²) in [5.74, 6) is 0.0199. The zero-order valence-corrected chi connectivity index (χ0v) is 11.0. The van der Waals surface area contributed by atoms with E-state index in [-0.39, 0.29) is 17.0 Å². The first-order valence-electron chi connectivity index (χ1n) is 6.28. The molecule has 0 amide bonds. The van der Waals surface area contributed by atoms with E-state index in [9.17, 15) is 9.18 Å². The Kier molecular flexibility index (Phi) is 2.39. The van der Waals surface area contributed by atoms with Gasteiger partial charge in [-0.3, -0.25) is 4.79 Å². The number of hydrogen-bond donors (Lipinski definition) is 1. The zero-order chi connectivity index (χ0) is 13.8. The third kappa shape index (κ3) is 1.87. The Balaban J connectivity index is 2.38. The number of aromatic nitrogens is 1. The maximum absolute atomic E-state index is 13.4. The molecule has 19 heavy (non-hydrogen) atoms. The molecule has 0 saturated heterocycles. The van der Waals surface area contributed by atoms with Gasteiger partial charge < -0.3 is 5.73 Å². The highest BCUT2D eigenvalue weighted by atomic mass is 19.1. The molecule has 0 radical (unpaired) electrons. The average Bonchev–Trinajstić information content (AvgIpc) is 2.25. The van der Waals surface area contributed by atoms with Crippen LogP contribution < -0.4 is 5.73 Å². The number of benzene rings is 1. The summed E-state index contributed by atoms with van der Waals surface area (Å²) in [7, 11) is 0. The largest absolute Gasteiger partial charge is 0.383 e. The van der Waals surface area contributed by atoms with Crippen LogP contribution in [0.5, 0.6) is 0 Å². The molecule has 1 aromatic heterocycles. The lowest BCUT2D eigenvalue weighted by Crippen LogP contribution is -2.28. The van der Waals surface area contributed by atoms with Crippen molar-refractivity contribution in [3.05, 3.63) is 35.3 Å². The average molecular weight is 258 g/mol. The van der Waals surface area contributed by atoms with Crippen molar-refractivity contribution in [3.63, 3.8) is 0 Å². The van der Waals surface area contributed by atoms with Gasteiger partial charge in [-0.25, -0.2) is 9.37 Å². The van der Waals surface area contributed by atoms with Crippen LogP contribution in [0.3, 0.4) is 0 Å². The molecule has 2 N–H and O–H groups in total. The number of Topliss-reactive ketones (excluding diaryl/α,β-unsaturated/α-hetero) is 1. The smallest absolute Gasteiger partial charge is 0.165 e. The molecule has 1 aromatic carbocycles. The van der Waals surface area contributed by atoms with Crippen molar-refractivity contribution >= 4 is 22.4 Å². The molecule has 98 valence electrons. The standard InChI is InChI=1S/C15H15FN2O/c1-15(2)6-11-13(12(19)7-15)10-5-8(16)3-4-9(10)14(17)18-11/h3-5H,6-7H2,1-2H3,(H2,17,18). The second kappa shape index (κ2) is 3.76. The van der Waals surface area contributed by atoms with Gasteiger partial charge in [0.2, 0.25) is 0 Å². The first-order chi connectivity index (χ1) is 8.87. The van der Waals surface area contributed by atoms with Gasteiger partial charge in [-0.05, 0) is 30.0 Å². The molecule has 2 aromatic rings. The Bertz CT molecular complexity index is 707. The molecule has 3 nitrogen and oxygen atoms in total. The van der Waals surface area contributed by atoms with Gasteiger partial charge >= 0.3 is 0 Å². The monoisotopic (exact) mass is 258 g/mol. The number of anilines is 1. The molecule has 1 heterocycles. The molecule has 1 aliphatic rings. The van der Waals surface area contributed by atoms with Crippen LogP contribution in [0.2, 0.25) is 0 Å². The predicted octanol–water partition coefficient (Wildman–Crippen LogP) is 3.11. The lowest BCUT2D eigenvalue weighted by Gasteiger charge is -2.30. The van der Waals surface area contributed by atoms with Gasteiger partial charge in [0.15, 0.2) is 5.78 Å². The van der Waals surface area contributed by atoms with E-state index in [0.717, 1.165) is 0 Å². The molecule has 4 heteroatoms. The fraction of sp³-hybridized carbons (Fsp3) is 0.333. The number of halogens is 1. The summed E-state index contributed by atoms with van der Waals surface area (Å²) in [6.07, 6.45) is 1.14. The quantitative estimate of drug-likeness (QED) is 0.790. The number of pyridine rings is 1. The van der Waals surface area contributed by atoms with Gasteiger partial charge in [0.25, 0.3) is 0 Å². The van der Waals surface area contributed by atoms with Crippen LogP contribution >= 0.6 is 0 Å². The fourth-order valence-electron chi connectivity index (χ4n) is 2.84. The normalized spacial score (nSPS) is 17.5. The fourth-order valence-corrected chi connectivity index (χ4v) is 2.84. The molecule has 0 aliphatic heterocycles. The van der Waals surface area contributed by atoms with E-state index < -0.39 is 0 Å². The topological polar surface area (TPSA) is 56.0 Å². The van der Waals surface area contributed by atoms with Crippen LogP contribution in [0.25, 0.3) is 10.8 Å². The summed E-state index contributed by atoms with van der Waals surface area (Å²) < 4.78 is 13.4. The first kappa shape index (κ1) is 12.1. The number of carbonyl (C=O) groups is 1. The number of nitrogen functional groups attached to an aromatic ring is 1. The number of fused-ring (bicyclic) bond motifs is 3. The number of nitrogens with zero attached hydrogens (tertiary/aromatic N) is 1. The highest BCUT2D eigenvalue weighted by Crippen LogP contribution is 2.38. The molecule has 0 saturated carbocycles. The van der Waals surface area contributed by atoms with Gasteiger partial charge in [0.05, 0.1) is 5.69 Å². The SMILES string of the molecule is CC1(C)CC(=O)c2c(nc(N)c3ccc(F)cc23)C1. The Morgan fingerprint density at radius 1 is 1.26 bits per heavy atom. The summed E-state index contributed by atoms with van der Waals surface area (Å²) in [4.78, 5) is 16.7. The summed E-state index contributed by atoms with van der Waals surface area (Å²) in [6.45, 7) is 4.06. The Hall–Kier alpha value is -1.97. The third-order valence-electron chi connectivity index (χ3n) is 3.63. The van der Waals surface area contributed by atoms with Crippen molar-refractivity contribution in [1.29, 1.82) is 0 Å². The lowest BCUT2D eigenvalue weighted by molar-refractivity contribution is 0.0912. The highest BCUT2D eigenvalue weighted by molar-refractivity contribution is 6.11. The second-order valence-electron chi connectivity index (χ2n) is 5.95. The van der Waals surface area contributed by atoms with E-state index in [1.807, 2.05) is 13.8 Å². The molecule has 0 fully saturated rings. The van der Waals surface area contributed by atoms with E-state index in [1.54, 1.807) is 6.07 Å². The van der Waals surface area contributed by atoms with Crippen LogP contribution in [0.4, 0.5) is 10.2 Å².